The van der Waals surface area contributed by atoms with Crippen LogP contribution in [0.4, 0.5) is 5.82 Å². The second-order valence-corrected chi connectivity index (χ2v) is 5.33. The van der Waals surface area contributed by atoms with Gasteiger partial charge in [-0.15, -0.1) is 0 Å². The number of nitrogens with two attached hydrogens (primary N) is 1. The molecule has 22 heavy (non-hydrogen) atoms. The quantitative estimate of drug-likeness (QED) is 0.909. The van der Waals surface area contributed by atoms with Crippen molar-refractivity contribution in [3.05, 3.63) is 58.6 Å². The summed E-state index contributed by atoms with van der Waals surface area (Å²) in [5, 5.41) is 0. The van der Waals surface area contributed by atoms with E-state index in [1.54, 1.807) is 12.3 Å². The molecule has 1 aromatic heterocycles. The molecule has 1 fully saturated rings. The van der Waals surface area contributed by atoms with Crippen LogP contribution in [0.25, 0.3) is 0 Å². The SMILES string of the molecule is Nc1ccn([C@H]2CC[C@@H](COCc3ccccc3)O2)c(=O)n1. The van der Waals surface area contributed by atoms with Gasteiger partial charge >= 0.3 is 5.69 Å². The van der Waals surface area contributed by atoms with Crippen LogP contribution >= 0.6 is 0 Å². The first-order valence-electron chi connectivity index (χ1n) is 7.34. The average molecular weight is 301 g/mol. The Bertz CT molecular complexity index is 672. The van der Waals surface area contributed by atoms with Gasteiger partial charge in [-0.25, -0.2) is 4.79 Å². The summed E-state index contributed by atoms with van der Waals surface area (Å²) in [7, 11) is 0. The van der Waals surface area contributed by atoms with E-state index in [0.717, 1.165) is 18.4 Å². The van der Waals surface area contributed by atoms with E-state index in [9.17, 15) is 4.79 Å². The molecule has 0 bridgehead atoms. The van der Waals surface area contributed by atoms with Gasteiger partial charge in [0.25, 0.3) is 0 Å². The molecule has 1 aliphatic rings. The molecule has 1 aromatic carbocycles. The van der Waals surface area contributed by atoms with Crippen molar-refractivity contribution in [1.29, 1.82) is 0 Å². The second kappa shape index (κ2) is 6.72. The lowest BCUT2D eigenvalue weighted by Crippen LogP contribution is -2.27. The van der Waals surface area contributed by atoms with Crippen molar-refractivity contribution in [3.8, 4) is 0 Å². The summed E-state index contributed by atoms with van der Waals surface area (Å²) in [6.45, 7) is 1.08. The van der Waals surface area contributed by atoms with Gasteiger partial charge in [-0.1, -0.05) is 30.3 Å². The Balaban J connectivity index is 1.51. The number of hydrogen-bond acceptors (Lipinski definition) is 5. The second-order valence-electron chi connectivity index (χ2n) is 5.33. The molecule has 6 heteroatoms. The Labute approximate surface area is 128 Å². The highest BCUT2D eigenvalue weighted by atomic mass is 16.5. The van der Waals surface area contributed by atoms with Crippen molar-refractivity contribution in [2.45, 2.75) is 31.8 Å². The van der Waals surface area contributed by atoms with Gasteiger partial charge in [0.2, 0.25) is 0 Å². The van der Waals surface area contributed by atoms with Crippen molar-refractivity contribution in [2.24, 2.45) is 0 Å². The van der Waals surface area contributed by atoms with Gasteiger partial charge in [0, 0.05) is 6.20 Å². The van der Waals surface area contributed by atoms with Crippen LogP contribution in [0.3, 0.4) is 0 Å². The van der Waals surface area contributed by atoms with Gasteiger partial charge in [0.1, 0.15) is 12.0 Å². The van der Waals surface area contributed by atoms with E-state index in [4.69, 9.17) is 15.2 Å². The molecule has 1 aliphatic heterocycles. The fourth-order valence-electron chi connectivity index (χ4n) is 2.54. The molecule has 116 valence electrons. The van der Waals surface area contributed by atoms with Gasteiger partial charge in [-0.3, -0.25) is 4.57 Å². The molecule has 3 rings (SSSR count). The van der Waals surface area contributed by atoms with Crippen molar-refractivity contribution >= 4 is 5.82 Å². The summed E-state index contributed by atoms with van der Waals surface area (Å²) >= 11 is 0. The number of hydrogen-bond donors (Lipinski definition) is 1. The summed E-state index contributed by atoms with van der Waals surface area (Å²) in [5.41, 5.74) is 6.25. The zero-order valence-corrected chi connectivity index (χ0v) is 12.2. The standard InChI is InChI=1S/C16H19N3O3/c17-14-8-9-19(16(20)18-14)15-7-6-13(22-15)11-21-10-12-4-2-1-3-5-12/h1-5,8-9,13,15H,6-7,10-11H2,(H2,17,18,20)/t13-,15+/m0/s1. The number of nitrogens with zero attached hydrogens (tertiary/aromatic N) is 2. The Morgan fingerprint density at radius 2 is 2.09 bits per heavy atom. The molecule has 0 radical (unpaired) electrons. The third kappa shape index (κ3) is 3.52. The lowest BCUT2D eigenvalue weighted by atomic mass is 10.2. The maximum atomic E-state index is 11.8. The van der Waals surface area contributed by atoms with Crippen LogP contribution in [0.1, 0.15) is 24.6 Å². The summed E-state index contributed by atoms with van der Waals surface area (Å²) in [6, 6.07) is 11.6. The van der Waals surface area contributed by atoms with Crippen LogP contribution in [0.5, 0.6) is 0 Å². The van der Waals surface area contributed by atoms with Gasteiger partial charge in [-0.05, 0) is 24.5 Å². The number of aromatic nitrogens is 2. The number of benzene rings is 1. The van der Waals surface area contributed by atoms with E-state index < -0.39 is 0 Å². The van der Waals surface area contributed by atoms with E-state index in [1.165, 1.54) is 4.57 Å². The predicted octanol–water partition coefficient (Wildman–Crippen LogP) is 1.72. The smallest absolute Gasteiger partial charge is 0.351 e. The largest absolute Gasteiger partial charge is 0.383 e. The Hall–Kier alpha value is -2.18. The fourth-order valence-corrected chi connectivity index (χ4v) is 2.54. The highest BCUT2D eigenvalue weighted by Gasteiger charge is 2.27. The number of nitrogen functional groups attached to an aromatic ring is 1. The third-order valence-corrected chi connectivity index (χ3v) is 3.66. The van der Waals surface area contributed by atoms with Crippen LogP contribution in [0, 0.1) is 0 Å². The van der Waals surface area contributed by atoms with Crippen molar-refractivity contribution < 1.29 is 9.47 Å². The summed E-state index contributed by atoms with van der Waals surface area (Å²) in [6.07, 6.45) is 2.97. The van der Waals surface area contributed by atoms with E-state index in [0.29, 0.717) is 13.2 Å². The first-order chi connectivity index (χ1) is 10.7. The fraction of sp³-hybridized carbons (Fsp3) is 0.375. The topological polar surface area (TPSA) is 79.4 Å². The molecule has 0 aliphatic carbocycles. The molecule has 2 aromatic rings. The summed E-state index contributed by atoms with van der Waals surface area (Å²) in [4.78, 5) is 15.5. The molecule has 1 saturated heterocycles. The Morgan fingerprint density at radius 3 is 2.86 bits per heavy atom. The minimum atomic E-state index is -0.379. The van der Waals surface area contributed by atoms with Crippen LogP contribution in [0.15, 0.2) is 47.4 Å². The highest BCUT2D eigenvalue weighted by molar-refractivity contribution is 5.23. The average Bonchev–Trinajstić information content (AvgIpc) is 2.97. The van der Waals surface area contributed by atoms with E-state index in [-0.39, 0.29) is 23.8 Å². The first kappa shape index (κ1) is 14.7. The van der Waals surface area contributed by atoms with Crippen LogP contribution < -0.4 is 11.4 Å². The third-order valence-electron chi connectivity index (χ3n) is 3.66. The molecule has 6 nitrogen and oxygen atoms in total. The molecule has 2 atom stereocenters. The summed E-state index contributed by atoms with van der Waals surface area (Å²) < 4.78 is 13.0. The number of ether oxygens (including phenoxy) is 2. The van der Waals surface area contributed by atoms with E-state index >= 15 is 0 Å². The van der Waals surface area contributed by atoms with E-state index in [1.807, 2.05) is 30.3 Å². The van der Waals surface area contributed by atoms with Crippen LogP contribution in [0.2, 0.25) is 0 Å². The Morgan fingerprint density at radius 1 is 1.27 bits per heavy atom. The maximum Gasteiger partial charge on any atom is 0.351 e. The first-order valence-corrected chi connectivity index (χ1v) is 7.34. The zero-order chi connectivity index (χ0) is 15.4. The minimum Gasteiger partial charge on any atom is -0.383 e. The van der Waals surface area contributed by atoms with Gasteiger partial charge in [0.15, 0.2) is 0 Å². The van der Waals surface area contributed by atoms with E-state index in [2.05, 4.69) is 4.98 Å². The molecular formula is C16H19N3O3. The van der Waals surface area contributed by atoms with Crippen molar-refractivity contribution in [3.63, 3.8) is 0 Å². The maximum absolute atomic E-state index is 11.8. The van der Waals surface area contributed by atoms with Gasteiger partial charge in [-0.2, -0.15) is 4.98 Å². The minimum absolute atomic E-state index is 0.00170. The van der Waals surface area contributed by atoms with Crippen molar-refractivity contribution in [2.75, 3.05) is 12.3 Å². The molecule has 0 unspecified atom stereocenters. The zero-order valence-electron chi connectivity index (χ0n) is 12.2. The molecule has 0 saturated carbocycles. The molecule has 0 spiro atoms. The molecule has 2 N–H and O–H groups in total. The van der Waals surface area contributed by atoms with Crippen LogP contribution in [-0.2, 0) is 16.1 Å². The monoisotopic (exact) mass is 301 g/mol. The van der Waals surface area contributed by atoms with Gasteiger partial charge in [0.05, 0.1) is 19.3 Å². The Kier molecular flexibility index (Phi) is 4.50. The molecule has 2 heterocycles. The van der Waals surface area contributed by atoms with Crippen molar-refractivity contribution in [1.82, 2.24) is 9.55 Å². The normalized spacial score (nSPS) is 21.1. The predicted molar refractivity (Wildman–Crippen MR) is 82.2 cm³/mol. The number of anilines is 1. The number of rotatable bonds is 5. The lowest BCUT2D eigenvalue weighted by Gasteiger charge is -2.15. The lowest BCUT2D eigenvalue weighted by molar-refractivity contribution is -0.0462. The highest BCUT2D eigenvalue weighted by Crippen LogP contribution is 2.27. The van der Waals surface area contributed by atoms with Crippen LogP contribution in [-0.4, -0.2) is 22.3 Å². The molecular weight excluding hydrogens is 282 g/mol. The molecule has 0 amide bonds. The summed E-state index contributed by atoms with van der Waals surface area (Å²) in [5.74, 6) is 0.224. The van der Waals surface area contributed by atoms with Gasteiger partial charge < -0.3 is 15.2 Å².